The third kappa shape index (κ3) is 13.3. The monoisotopic (exact) mass is 528 g/mol. The van der Waals surface area contributed by atoms with Crippen molar-refractivity contribution < 1.29 is 19.3 Å². The van der Waals surface area contributed by atoms with Gasteiger partial charge in [-0.3, -0.25) is 0 Å². The van der Waals surface area contributed by atoms with Gasteiger partial charge in [-0.15, -0.1) is 0 Å². The summed E-state index contributed by atoms with van der Waals surface area (Å²) >= 11 is 3.38. The Morgan fingerprint density at radius 2 is 0.971 bits per heavy atom. The van der Waals surface area contributed by atoms with Crippen LogP contribution in [0.25, 0.3) is 0 Å². The lowest BCUT2D eigenvalue weighted by atomic mass is 10.1. The van der Waals surface area contributed by atoms with Crippen molar-refractivity contribution in [2.24, 2.45) is 0 Å². The number of unbranched alkanes of at least 4 members (excludes halogenated alkanes) is 2. The minimum Gasteiger partial charge on any atom is -0.494 e. The minimum absolute atomic E-state index is 0.239. The van der Waals surface area contributed by atoms with E-state index in [-0.39, 0.29) is 6.61 Å². The van der Waals surface area contributed by atoms with Crippen LogP contribution in [0, 0.1) is 0 Å². The summed E-state index contributed by atoms with van der Waals surface area (Å²) in [5.74, 6) is 2.78. The third-order valence-electron chi connectivity index (χ3n) is 4.91. The van der Waals surface area contributed by atoms with Gasteiger partial charge >= 0.3 is 0 Å². The fourth-order valence-electron chi connectivity index (χ4n) is 3.04. The topological polar surface area (TPSA) is 47.9 Å². The number of para-hydroxylation sites is 2. The number of benzene rings is 3. The number of ether oxygens (including phenoxy) is 3. The zero-order valence-electron chi connectivity index (χ0n) is 19.9. The molecule has 0 aliphatic rings. The van der Waals surface area contributed by atoms with Crippen LogP contribution in [0.4, 0.5) is 0 Å². The highest BCUT2D eigenvalue weighted by Crippen LogP contribution is 2.14. The molecule has 0 saturated carbocycles. The first kappa shape index (κ1) is 27.7. The van der Waals surface area contributed by atoms with Crippen LogP contribution in [0.15, 0.2) is 84.9 Å². The SMILES string of the molecule is BrCCCCOc1ccccc1.OCCCc1ccc(OCCCCOc2ccccc2)cc1. The molecule has 0 amide bonds. The normalized spacial score (nSPS) is 10.2. The van der Waals surface area contributed by atoms with E-state index in [0.29, 0.717) is 13.2 Å². The molecule has 0 radical (unpaired) electrons. The molecule has 0 aliphatic carbocycles. The smallest absolute Gasteiger partial charge is 0.119 e. The summed E-state index contributed by atoms with van der Waals surface area (Å²) in [6.07, 6.45) is 5.95. The van der Waals surface area contributed by atoms with Gasteiger partial charge in [0.15, 0.2) is 0 Å². The number of hydrogen-bond acceptors (Lipinski definition) is 4. The Hall–Kier alpha value is -2.50. The summed E-state index contributed by atoms with van der Waals surface area (Å²) in [5, 5.41) is 9.87. The van der Waals surface area contributed by atoms with Gasteiger partial charge < -0.3 is 19.3 Å². The van der Waals surface area contributed by atoms with Gasteiger partial charge in [-0.25, -0.2) is 0 Å². The van der Waals surface area contributed by atoms with E-state index in [9.17, 15) is 0 Å². The summed E-state index contributed by atoms with van der Waals surface area (Å²) in [6, 6.07) is 27.9. The Bertz CT molecular complexity index is 841. The Balaban J connectivity index is 0.000000287. The molecule has 0 spiro atoms. The lowest BCUT2D eigenvalue weighted by Crippen LogP contribution is -2.02. The molecule has 0 aliphatic heterocycles. The van der Waals surface area contributed by atoms with Crippen LogP contribution in [0.1, 0.15) is 37.7 Å². The minimum atomic E-state index is 0.239. The van der Waals surface area contributed by atoms with Gasteiger partial charge in [-0.05, 0) is 80.5 Å². The molecule has 0 bridgehead atoms. The van der Waals surface area contributed by atoms with E-state index >= 15 is 0 Å². The van der Waals surface area contributed by atoms with E-state index in [1.54, 1.807) is 0 Å². The number of alkyl halides is 1. The second-order valence-corrected chi connectivity index (χ2v) is 8.54. The maximum atomic E-state index is 8.81. The number of aliphatic hydroxyl groups excluding tert-OH is 1. The molecule has 34 heavy (non-hydrogen) atoms. The lowest BCUT2D eigenvalue weighted by molar-refractivity contribution is 0.266. The Morgan fingerprint density at radius 1 is 0.529 bits per heavy atom. The first-order valence-corrected chi connectivity index (χ1v) is 13.2. The molecule has 0 atom stereocenters. The highest BCUT2D eigenvalue weighted by atomic mass is 79.9. The number of rotatable bonds is 15. The molecule has 3 aromatic rings. The van der Waals surface area contributed by atoms with Crippen molar-refractivity contribution in [3.63, 3.8) is 0 Å². The van der Waals surface area contributed by atoms with Crippen molar-refractivity contribution in [1.82, 2.24) is 0 Å². The van der Waals surface area contributed by atoms with Crippen LogP contribution in [0.5, 0.6) is 17.2 Å². The largest absolute Gasteiger partial charge is 0.494 e. The van der Waals surface area contributed by atoms with Crippen molar-refractivity contribution >= 4 is 15.9 Å². The zero-order chi connectivity index (χ0) is 24.1. The number of aryl methyl sites for hydroxylation is 1. The molecule has 184 valence electrons. The number of aliphatic hydroxyl groups is 1. The van der Waals surface area contributed by atoms with Crippen molar-refractivity contribution in [1.29, 1.82) is 0 Å². The highest BCUT2D eigenvalue weighted by Gasteiger charge is 1.97. The van der Waals surface area contributed by atoms with Crippen LogP contribution in [-0.2, 0) is 6.42 Å². The summed E-state index contributed by atoms with van der Waals surface area (Å²) in [5.41, 5.74) is 1.23. The van der Waals surface area contributed by atoms with Gasteiger partial charge in [-0.2, -0.15) is 0 Å². The molecule has 1 N–H and O–H groups in total. The van der Waals surface area contributed by atoms with Crippen LogP contribution in [-0.4, -0.2) is 36.9 Å². The highest BCUT2D eigenvalue weighted by molar-refractivity contribution is 9.09. The average Bonchev–Trinajstić information content (AvgIpc) is 2.90. The number of halogens is 1. The van der Waals surface area contributed by atoms with Gasteiger partial charge in [0, 0.05) is 11.9 Å². The molecule has 0 unspecified atom stereocenters. The fourth-order valence-corrected chi connectivity index (χ4v) is 3.44. The molecule has 4 nitrogen and oxygen atoms in total. The van der Waals surface area contributed by atoms with Gasteiger partial charge in [-0.1, -0.05) is 64.5 Å². The van der Waals surface area contributed by atoms with Gasteiger partial charge in [0.1, 0.15) is 17.2 Å². The van der Waals surface area contributed by atoms with Gasteiger partial charge in [0.05, 0.1) is 19.8 Å². The van der Waals surface area contributed by atoms with Crippen molar-refractivity contribution in [3.05, 3.63) is 90.5 Å². The predicted molar refractivity (Wildman–Crippen MR) is 143 cm³/mol. The Morgan fingerprint density at radius 3 is 1.41 bits per heavy atom. The fraction of sp³-hybridized carbons (Fsp3) is 0.379. The molecule has 0 fully saturated rings. The van der Waals surface area contributed by atoms with Gasteiger partial charge in [0.2, 0.25) is 0 Å². The maximum Gasteiger partial charge on any atom is 0.119 e. The molecule has 3 aromatic carbocycles. The summed E-state index contributed by atoms with van der Waals surface area (Å²) in [4.78, 5) is 0. The molecule has 0 aromatic heterocycles. The standard InChI is InChI=1S/C19H24O3.C10H13BrO/c20-14-6-7-17-10-12-19(13-11-17)22-16-5-4-15-21-18-8-2-1-3-9-18;11-8-4-5-9-12-10-6-2-1-3-7-10/h1-3,8-13,20H,4-7,14-16H2;1-3,6-7H,4-5,8-9H2. The molecule has 0 saturated heterocycles. The third-order valence-corrected chi connectivity index (χ3v) is 5.47. The van der Waals surface area contributed by atoms with Crippen LogP contribution >= 0.6 is 15.9 Å². The van der Waals surface area contributed by atoms with Crippen LogP contribution in [0.2, 0.25) is 0 Å². The summed E-state index contributed by atoms with van der Waals surface area (Å²) in [6.45, 7) is 2.47. The zero-order valence-corrected chi connectivity index (χ0v) is 21.5. The van der Waals surface area contributed by atoms with Crippen LogP contribution in [0.3, 0.4) is 0 Å². The summed E-state index contributed by atoms with van der Waals surface area (Å²) < 4.78 is 16.8. The molecular formula is C29H37BrO4. The maximum absolute atomic E-state index is 8.81. The molecule has 5 heteroatoms. The Kier molecular flexibility index (Phi) is 15.4. The van der Waals surface area contributed by atoms with E-state index < -0.39 is 0 Å². The van der Waals surface area contributed by atoms with Gasteiger partial charge in [0.25, 0.3) is 0 Å². The van der Waals surface area contributed by atoms with E-state index in [2.05, 4.69) is 28.1 Å². The predicted octanol–water partition coefficient (Wildman–Crippen LogP) is 7.09. The lowest BCUT2D eigenvalue weighted by Gasteiger charge is -2.08. The van der Waals surface area contributed by atoms with E-state index in [1.165, 1.54) is 12.0 Å². The molecule has 0 heterocycles. The van der Waals surface area contributed by atoms with E-state index in [1.807, 2.05) is 72.8 Å². The van der Waals surface area contributed by atoms with Crippen LogP contribution < -0.4 is 14.2 Å². The molecular weight excluding hydrogens is 492 g/mol. The van der Waals surface area contributed by atoms with Crippen molar-refractivity contribution in [2.75, 3.05) is 31.8 Å². The van der Waals surface area contributed by atoms with E-state index in [4.69, 9.17) is 19.3 Å². The van der Waals surface area contributed by atoms with Crippen molar-refractivity contribution in [2.45, 2.75) is 38.5 Å². The van der Waals surface area contributed by atoms with Crippen molar-refractivity contribution in [3.8, 4) is 17.2 Å². The second-order valence-electron chi connectivity index (χ2n) is 7.75. The first-order valence-electron chi connectivity index (χ1n) is 12.1. The first-order chi connectivity index (χ1) is 16.8. The van der Waals surface area contributed by atoms with E-state index in [0.717, 1.165) is 61.3 Å². The second kappa shape index (κ2) is 18.9. The molecule has 3 rings (SSSR count). The quantitative estimate of drug-likeness (QED) is 0.169. The number of hydrogen-bond donors (Lipinski definition) is 1. The summed E-state index contributed by atoms with van der Waals surface area (Å²) in [7, 11) is 0. The Labute approximate surface area is 213 Å². The average molecular weight is 530 g/mol.